The molecule has 3 aromatic rings. The highest BCUT2D eigenvalue weighted by Gasteiger charge is 2.32. The molecule has 12 N–H and O–H groups in total. The molecule has 0 aliphatic heterocycles. The predicted molar refractivity (Wildman–Crippen MR) is 175 cm³/mol. The van der Waals surface area contributed by atoms with Crippen LogP contribution in [0.15, 0.2) is 59.7 Å². The summed E-state index contributed by atoms with van der Waals surface area (Å²) in [5.41, 5.74) is 19.3. The van der Waals surface area contributed by atoms with Gasteiger partial charge < -0.3 is 48.3 Å². The number of aromatic nitrogens is 1. The summed E-state index contributed by atoms with van der Waals surface area (Å²) in [4.78, 5) is 59.3. The van der Waals surface area contributed by atoms with E-state index in [9.17, 15) is 29.4 Å². The number of carbonyl (C=O) groups excluding carboxylic acids is 3. The van der Waals surface area contributed by atoms with Crippen molar-refractivity contribution in [1.82, 2.24) is 20.9 Å². The molecule has 3 rings (SSSR count). The molecule has 0 saturated carbocycles. The highest BCUT2D eigenvalue weighted by atomic mass is 16.4. The van der Waals surface area contributed by atoms with Crippen molar-refractivity contribution in [3.05, 3.63) is 65.9 Å². The molecule has 1 heterocycles. The van der Waals surface area contributed by atoms with Gasteiger partial charge in [-0.15, -0.1) is 0 Å². The maximum atomic E-state index is 13.7. The van der Waals surface area contributed by atoms with Crippen molar-refractivity contribution < 1.29 is 29.4 Å². The average Bonchev–Trinajstić information content (AvgIpc) is 3.43. The van der Waals surface area contributed by atoms with Crippen LogP contribution in [0.4, 0.5) is 0 Å². The summed E-state index contributed by atoms with van der Waals surface area (Å²) in [6.07, 6.45) is 2.87. The topological polar surface area (TPSA) is 251 Å². The third kappa shape index (κ3) is 10.2. The van der Waals surface area contributed by atoms with Crippen molar-refractivity contribution in [3.8, 4) is 5.75 Å². The SMILES string of the molecule is CCC(C)C(NC(=O)C(N)Cc1c[nH]c2ccccc12)C(=O)NC(Cc1ccc(O)cc1)C(=O)NC(CCCN=C(N)N)C(=O)O. The average molecular weight is 637 g/mol. The standard InChI is InChI=1S/C32H44N8O6/c1-3-18(2)27(40-28(42)23(33)16-20-17-37-24-8-5-4-7-22(20)24)30(44)39-26(15-19-10-12-21(41)13-11-19)29(43)38-25(31(45)46)9-6-14-36-32(34)35/h4-5,7-8,10-13,17-18,23,25-27,37,41H,3,6,9,14-16,33H2,1-2H3,(H,38,43)(H,39,44)(H,40,42)(H,45,46)(H4,34,35,36). The van der Waals surface area contributed by atoms with Crippen molar-refractivity contribution in [2.45, 2.75) is 70.1 Å². The minimum atomic E-state index is -1.27. The number of carboxylic acids is 1. The fourth-order valence-electron chi connectivity index (χ4n) is 4.96. The van der Waals surface area contributed by atoms with Crippen molar-refractivity contribution in [1.29, 1.82) is 0 Å². The first-order valence-electron chi connectivity index (χ1n) is 15.2. The Labute approximate surface area is 267 Å². The van der Waals surface area contributed by atoms with Crippen molar-refractivity contribution in [2.75, 3.05) is 6.54 Å². The van der Waals surface area contributed by atoms with E-state index in [0.29, 0.717) is 12.0 Å². The lowest BCUT2D eigenvalue weighted by Crippen LogP contribution is -2.59. The van der Waals surface area contributed by atoms with Crippen LogP contribution >= 0.6 is 0 Å². The van der Waals surface area contributed by atoms with Gasteiger partial charge in [0.15, 0.2) is 5.96 Å². The number of aliphatic carboxylic acids is 1. The predicted octanol–water partition coefficient (Wildman–Crippen LogP) is 0.625. The molecular formula is C32H44N8O6. The fourth-order valence-corrected chi connectivity index (χ4v) is 4.96. The second-order valence-corrected chi connectivity index (χ2v) is 11.3. The number of fused-ring (bicyclic) bond motifs is 1. The summed E-state index contributed by atoms with van der Waals surface area (Å²) >= 11 is 0. The summed E-state index contributed by atoms with van der Waals surface area (Å²) in [7, 11) is 0. The minimum Gasteiger partial charge on any atom is -0.508 e. The molecule has 1 aromatic heterocycles. The Morgan fingerprint density at radius 3 is 2.24 bits per heavy atom. The number of nitrogens with zero attached hydrogens (tertiary/aromatic N) is 1. The van der Waals surface area contributed by atoms with E-state index in [1.54, 1.807) is 25.3 Å². The van der Waals surface area contributed by atoms with Gasteiger partial charge in [0.05, 0.1) is 6.04 Å². The third-order valence-corrected chi connectivity index (χ3v) is 7.81. The van der Waals surface area contributed by atoms with Gasteiger partial charge in [-0.3, -0.25) is 19.4 Å². The number of benzene rings is 2. The number of aliphatic imine (C=N–C) groups is 1. The van der Waals surface area contributed by atoms with Gasteiger partial charge in [-0.25, -0.2) is 4.79 Å². The highest BCUT2D eigenvalue weighted by molar-refractivity contribution is 5.94. The monoisotopic (exact) mass is 636 g/mol. The van der Waals surface area contributed by atoms with Crippen LogP contribution in [0, 0.1) is 5.92 Å². The van der Waals surface area contributed by atoms with Gasteiger partial charge in [0.2, 0.25) is 17.7 Å². The first kappa shape index (κ1) is 35.4. The number of phenolic OH excluding ortho intramolecular Hbond substituents is 1. The maximum Gasteiger partial charge on any atom is 0.326 e. The summed E-state index contributed by atoms with van der Waals surface area (Å²) in [5.74, 6) is -3.59. The fraction of sp³-hybridized carbons (Fsp3) is 0.406. The molecule has 2 aromatic carbocycles. The molecule has 0 radical (unpaired) electrons. The van der Waals surface area contributed by atoms with E-state index in [0.717, 1.165) is 16.5 Å². The Bertz CT molecular complexity index is 1520. The van der Waals surface area contributed by atoms with Gasteiger partial charge >= 0.3 is 5.97 Å². The first-order valence-corrected chi connectivity index (χ1v) is 15.2. The molecule has 3 amide bonds. The Balaban J connectivity index is 1.76. The molecule has 248 valence electrons. The summed E-state index contributed by atoms with van der Waals surface area (Å²) in [6.45, 7) is 3.83. The lowest BCUT2D eigenvalue weighted by Gasteiger charge is -2.28. The van der Waals surface area contributed by atoms with Crippen LogP contribution in [0.3, 0.4) is 0 Å². The van der Waals surface area contributed by atoms with E-state index in [2.05, 4.69) is 25.9 Å². The highest BCUT2D eigenvalue weighted by Crippen LogP contribution is 2.19. The molecular weight excluding hydrogens is 592 g/mol. The summed E-state index contributed by atoms with van der Waals surface area (Å²) in [5, 5.41) is 28.4. The lowest BCUT2D eigenvalue weighted by atomic mass is 9.96. The minimum absolute atomic E-state index is 0.0144. The van der Waals surface area contributed by atoms with Crippen LogP contribution in [0.2, 0.25) is 0 Å². The van der Waals surface area contributed by atoms with Crippen LogP contribution in [-0.2, 0) is 32.0 Å². The second-order valence-electron chi connectivity index (χ2n) is 11.3. The normalized spacial score (nSPS) is 14.3. The molecule has 5 atom stereocenters. The zero-order valence-electron chi connectivity index (χ0n) is 26.0. The van der Waals surface area contributed by atoms with E-state index in [4.69, 9.17) is 17.2 Å². The second kappa shape index (κ2) is 16.8. The van der Waals surface area contributed by atoms with Gasteiger partial charge in [-0.1, -0.05) is 50.6 Å². The molecule has 14 heteroatoms. The molecule has 0 aliphatic rings. The number of hydrogen-bond acceptors (Lipinski definition) is 7. The number of phenols is 1. The first-order chi connectivity index (χ1) is 21.9. The number of carbonyl (C=O) groups is 4. The molecule has 0 aliphatic carbocycles. The zero-order valence-corrected chi connectivity index (χ0v) is 26.0. The van der Waals surface area contributed by atoms with Crippen LogP contribution in [0.5, 0.6) is 5.75 Å². The molecule has 5 unspecified atom stereocenters. The Hall–Kier alpha value is -5.11. The van der Waals surface area contributed by atoms with E-state index in [1.165, 1.54) is 12.1 Å². The number of carboxylic acid groups (broad SMARTS) is 1. The van der Waals surface area contributed by atoms with Crippen molar-refractivity contribution in [2.24, 2.45) is 28.1 Å². The lowest BCUT2D eigenvalue weighted by molar-refractivity contribution is -0.142. The third-order valence-electron chi connectivity index (χ3n) is 7.81. The largest absolute Gasteiger partial charge is 0.508 e. The Kier molecular flexibility index (Phi) is 12.9. The smallest absolute Gasteiger partial charge is 0.326 e. The number of guanidine groups is 1. The van der Waals surface area contributed by atoms with Gasteiger partial charge in [0.25, 0.3) is 0 Å². The quantitative estimate of drug-likeness (QED) is 0.0571. The van der Waals surface area contributed by atoms with Crippen LogP contribution in [0.1, 0.15) is 44.2 Å². The number of rotatable bonds is 17. The van der Waals surface area contributed by atoms with Crippen molar-refractivity contribution >= 4 is 40.6 Å². The van der Waals surface area contributed by atoms with Gasteiger partial charge in [-0.2, -0.15) is 0 Å². The molecule has 0 spiro atoms. The number of amides is 3. The Morgan fingerprint density at radius 2 is 1.59 bits per heavy atom. The van der Waals surface area contributed by atoms with Crippen LogP contribution in [0.25, 0.3) is 10.9 Å². The number of aromatic hydroxyl groups is 1. The summed E-state index contributed by atoms with van der Waals surface area (Å²) in [6, 6.07) is 9.23. The van der Waals surface area contributed by atoms with E-state index in [1.807, 2.05) is 31.2 Å². The van der Waals surface area contributed by atoms with Crippen LogP contribution < -0.4 is 33.2 Å². The molecule has 46 heavy (non-hydrogen) atoms. The van der Waals surface area contributed by atoms with Gasteiger partial charge in [0.1, 0.15) is 23.9 Å². The molecule has 0 fully saturated rings. The molecule has 0 saturated heterocycles. The number of H-pyrrole nitrogens is 1. The van der Waals surface area contributed by atoms with E-state index in [-0.39, 0.29) is 49.9 Å². The summed E-state index contributed by atoms with van der Waals surface area (Å²) < 4.78 is 0. The maximum absolute atomic E-state index is 13.7. The molecule has 14 nitrogen and oxygen atoms in total. The zero-order chi connectivity index (χ0) is 33.8. The van der Waals surface area contributed by atoms with Crippen LogP contribution in [-0.4, -0.2) is 75.6 Å². The van der Waals surface area contributed by atoms with Gasteiger partial charge in [0, 0.05) is 30.1 Å². The van der Waals surface area contributed by atoms with E-state index < -0.39 is 47.9 Å². The number of aromatic amines is 1. The van der Waals surface area contributed by atoms with Gasteiger partial charge in [-0.05, 0) is 54.5 Å². The number of nitrogens with one attached hydrogen (secondary N) is 4. The van der Waals surface area contributed by atoms with Crippen molar-refractivity contribution in [3.63, 3.8) is 0 Å². The Morgan fingerprint density at radius 1 is 0.913 bits per heavy atom. The number of hydrogen-bond donors (Lipinski definition) is 9. The van der Waals surface area contributed by atoms with E-state index >= 15 is 0 Å². The number of para-hydroxylation sites is 1. The number of nitrogens with two attached hydrogens (primary N) is 3. The molecule has 0 bridgehead atoms.